The van der Waals surface area contributed by atoms with E-state index in [0.717, 1.165) is 11.1 Å². The number of phenols is 1. The number of allylic oxidation sites excluding steroid dienone is 2. The number of halogens is 1. The number of hydrogen-bond acceptors (Lipinski definition) is 4. The summed E-state index contributed by atoms with van der Waals surface area (Å²) in [5.74, 6) is -0.171. The van der Waals surface area contributed by atoms with E-state index in [1.807, 2.05) is 24.3 Å². The first-order chi connectivity index (χ1) is 13.5. The maximum atomic E-state index is 13.1. The molecule has 0 radical (unpaired) electrons. The van der Waals surface area contributed by atoms with E-state index in [0.29, 0.717) is 34.9 Å². The molecule has 2 aliphatic rings. The van der Waals surface area contributed by atoms with Crippen LogP contribution in [0.4, 0.5) is 0 Å². The highest BCUT2D eigenvalue weighted by Crippen LogP contribution is 2.44. The summed E-state index contributed by atoms with van der Waals surface area (Å²) in [6, 6.07) is 12.5. The zero-order chi connectivity index (χ0) is 19.8. The molecule has 0 spiro atoms. The Labute approximate surface area is 168 Å². The fraction of sp³-hybridized carbons (Fsp3) is 0.273. The first-order valence-electron chi connectivity index (χ1n) is 9.15. The Hall–Kier alpha value is -2.79. The second kappa shape index (κ2) is 7.32. The number of ether oxygens (including phenoxy) is 1. The van der Waals surface area contributed by atoms with E-state index in [-0.39, 0.29) is 35.7 Å². The van der Waals surface area contributed by atoms with Gasteiger partial charge in [-0.15, -0.1) is 0 Å². The lowest BCUT2D eigenvalue weighted by Gasteiger charge is -2.34. The summed E-state index contributed by atoms with van der Waals surface area (Å²) in [7, 11) is 1.47. The van der Waals surface area contributed by atoms with Crippen molar-refractivity contribution in [1.82, 2.24) is 5.32 Å². The number of amides is 1. The molecule has 0 saturated heterocycles. The first kappa shape index (κ1) is 18.6. The average Bonchev–Trinajstić information content (AvgIpc) is 2.67. The SMILES string of the molecule is COc1cc([C@H]2CC(=O)NC3=C2C(=O)C[C@H](c2ccccc2Cl)C3)ccc1O. The number of methoxy groups -OCH3 is 1. The second-order valence-corrected chi connectivity index (χ2v) is 7.59. The van der Waals surface area contributed by atoms with Gasteiger partial charge in [0.25, 0.3) is 0 Å². The van der Waals surface area contributed by atoms with Crippen molar-refractivity contribution in [2.24, 2.45) is 0 Å². The van der Waals surface area contributed by atoms with Gasteiger partial charge in [-0.1, -0.05) is 35.9 Å². The highest BCUT2D eigenvalue weighted by molar-refractivity contribution is 6.31. The molecule has 0 aromatic heterocycles. The molecule has 0 saturated carbocycles. The molecule has 1 aliphatic carbocycles. The molecular weight excluding hydrogens is 378 g/mol. The van der Waals surface area contributed by atoms with Crippen LogP contribution in [-0.2, 0) is 9.59 Å². The van der Waals surface area contributed by atoms with Gasteiger partial charge in [-0.25, -0.2) is 0 Å². The van der Waals surface area contributed by atoms with Crippen molar-refractivity contribution in [3.05, 3.63) is 69.9 Å². The molecule has 2 aromatic rings. The molecule has 6 heteroatoms. The lowest BCUT2D eigenvalue weighted by Crippen LogP contribution is -2.38. The van der Waals surface area contributed by atoms with Gasteiger partial charge in [0.15, 0.2) is 17.3 Å². The predicted molar refractivity (Wildman–Crippen MR) is 106 cm³/mol. The van der Waals surface area contributed by atoms with Crippen LogP contribution in [0, 0.1) is 0 Å². The van der Waals surface area contributed by atoms with Gasteiger partial charge < -0.3 is 15.2 Å². The third kappa shape index (κ3) is 3.27. The molecule has 28 heavy (non-hydrogen) atoms. The highest BCUT2D eigenvalue weighted by Gasteiger charge is 2.38. The minimum absolute atomic E-state index is 0.0169. The van der Waals surface area contributed by atoms with Crippen molar-refractivity contribution < 1.29 is 19.4 Å². The van der Waals surface area contributed by atoms with E-state index < -0.39 is 0 Å². The van der Waals surface area contributed by atoms with Crippen LogP contribution < -0.4 is 10.1 Å². The molecule has 1 aliphatic heterocycles. The fourth-order valence-corrected chi connectivity index (χ4v) is 4.47. The van der Waals surface area contributed by atoms with Gasteiger partial charge in [-0.2, -0.15) is 0 Å². The van der Waals surface area contributed by atoms with Gasteiger partial charge in [0.05, 0.1) is 7.11 Å². The maximum Gasteiger partial charge on any atom is 0.225 e. The summed E-state index contributed by atoms with van der Waals surface area (Å²) in [5, 5.41) is 13.4. The van der Waals surface area contributed by atoms with Crippen LogP contribution in [0.5, 0.6) is 11.5 Å². The van der Waals surface area contributed by atoms with Crippen LogP contribution in [0.25, 0.3) is 0 Å². The number of phenolic OH excluding ortho intramolecular Hbond substituents is 1. The van der Waals surface area contributed by atoms with Crippen LogP contribution in [0.15, 0.2) is 53.7 Å². The van der Waals surface area contributed by atoms with Crippen molar-refractivity contribution in [3.8, 4) is 11.5 Å². The van der Waals surface area contributed by atoms with E-state index in [2.05, 4.69) is 5.32 Å². The lowest BCUT2D eigenvalue weighted by atomic mass is 9.73. The Kier molecular flexibility index (Phi) is 4.85. The molecule has 4 rings (SSSR count). The molecule has 2 atom stereocenters. The van der Waals surface area contributed by atoms with Crippen molar-refractivity contribution in [1.29, 1.82) is 0 Å². The van der Waals surface area contributed by atoms with Gasteiger partial charge in [-0.05, 0) is 41.7 Å². The number of carbonyl (C=O) groups excluding carboxylic acids is 2. The third-order valence-electron chi connectivity index (χ3n) is 5.49. The lowest BCUT2D eigenvalue weighted by molar-refractivity contribution is -0.122. The molecule has 5 nitrogen and oxygen atoms in total. The van der Waals surface area contributed by atoms with Gasteiger partial charge in [-0.3, -0.25) is 9.59 Å². The summed E-state index contributed by atoms with van der Waals surface area (Å²) >= 11 is 6.33. The molecular formula is C22H20ClNO4. The standard InChI is InChI=1S/C22H20ClNO4/c1-28-20-10-12(6-7-18(20)25)15-11-21(27)24-17-8-13(9-19(26)22(15)17)14-4-2-3-5-16(14)23/h2-7,10,13,15,25H,8-9,11H2,1H3,(H,24,27)/t13-,15-/m1/s1. The summed E-state index contributed by atoms with van der Waals surface area (Å²) < 4.78 is 5.19. The molecule has 2 aromatic carbocycles. The molecule has 0 bridgehead atoms. The Morgan fingerprint density at radius 2 is 1.89 bits per heavy atom. The van der Waals surface area contributed by atoms with E-state index in [9.17, 15) is 14.7 Å². The molecule has 0 unspecified atom stereocenters. The van der Waals surface area contributed by atoms with E-state index >= 15 is 0 Å². The molecule has 1 amide bonds. The number of nitrogens with one attached hydrogen (secondary N) is 1. The van der Waals surface area contributed by atoms with Crippen molar-refractivity contribution in [2.75, 3.05) is 7.11 Å². The third-order valence-corrected chi connectivity index (χ3v) is 5.83. The zero-order valence-electron chi connectivity index (χ0n) is 15.4. The number of aromatic hydroxyl groups is 1. The van der Waals surface area contributed by atoms with E-state index in [1.54, 1.807) is 12.1 Å². The number of Topliss-reactive ketones (excluding diaryl/α,β-unsaturated/α-hetero) is 1. The summed E-state index contributed by atoms with van der Waals surface area (Å²) in [6.45, 7) is 0. The Morgan fingerprint density at radius 1 is 1.11 bits per heavy atom. The predicted octanol–water partition coefficient (Wildman–Crippen LogP) is 4.06. The van der Waals surface area contributed by atoms with Crippen LogP contribution in [0.2, 0.25) is 5.02 Å². The largest absolute Gasteiger partial charge is 0.504 e. The minimum Gasteiger partial charge on any atom is -0.504 e. The monoisotopic (exact) mass is 397 g/mol. The van der Waals surface area contributed by atoms with Crippen molar-refractivity contribution >= 4 is 23.3 Å². The summed E-state index contributed by atoms with van der Waals surface area (Å²) in [6.07, 6.45) is 1.10. The van der Waals surface area contributed by atoms with Gasteiger partial charge in [0.2, 0.25) is 5.91 Å². The average molecular weight is 398 g/mol. The minimum atomic E-state index is -0.349. The fourth-order valence-electron chi connectivity index (χ4n) is 4.18. The second-order valence-electron chi connectivity index (χ2n) is 7.18. The molecule has 144 valence electrons. The van der Waals surface area contributed by atoms with Crippen LogP contribution in [0.1, 0.15) is 42.2 Å². The van der Waals surface area contributed by atoms with Gasteiger partial charge in [0.1, 0.15) is 0 Å². The quantitative estimate of drug-likeness (QED) is 0.819. The van der Waals surface area contributed by atoms with Crippen LogP contribution in [0.3, 0.4) is 0 Å². The Balaban J connectivity index is 1.74. The zero-order valence-corrected chi connectivity index (χ0v) is 16.1. The Bertz CT molecular complexity index is 998. The highest BCUT2D eigenvalue weighted by atomic mass is 35.5. The van der Waals surface area contributed by atoms with Crippen molar-refractivity contribution in [2.45, 2.75) is 31.1 Å². The number of hydrogen-bond donors (Lipinski definition) is 2. The maximum absolute atomic E-state index is 13.1. The van der Waals surface area contributed by atoms with E-state index in [1.165, 1.54) is 13.2 Å². The number of rotatable bonds is 3. The topological polar surface area (TPSA) is 75.6 Å². The van der Waals surface area contributed by atoms with Gasteiger partial charge >= 0.3 is 0 Å². The van der Waals surface area contributed by atoms with Crippen LogP contribution in [-0.4, -0.2) is 23.9 Å². The smallest absolute Gasteiger partial charge is 0.225 e. The van der Waals surface area contributed by atoms with E-state index in [4.69, 9.17) is 16.3 Å². The number of carbonyl (C=O) groups is 2. The normalized spacial score (nSPS) is 21.9. The first-order valence-corrected chi connectivity index (χ1v) is 9.53. The Morgan fingerprint density at radius 3 is 2.64 bits per heavy atom. The summed E-state index contributed by atoms with van der Waals surface area (Å²) in [5.41, 5.74) is 3.03. The molecule has 2 N–H and O–H groups in total. The van der Waals surface area contributed by atoms with Gasteiger partial charge in [0, 0.05) is 35.1 Å². The molecule has 0 fully saturated rings. The van der Waals surface area contributed by atoms with Crippen LogP contribution >= 0.6 is 11.6 Å². The number of ketones is 1. The van der Waals surface area contributed by atoms with Crippen molar-refractivity contribution in [3.63, 3.8) is 0 Å². The number of benzene rings is 2. The summed E-state index contributed by atoms with van der Waals surface area (Å²) in [4.78, 5) is 25.5. The molecule has 1 heterocycles.